The van der Waals surface area contributed by atoms with Gasteiger partial charge in [0.1, 0.15) is 4.88 Å². The number of rotatable bonds is 5. The first kappa shape index (κ1) is 16.4. The lowest BCUT2D eigenvalue weighted by atomic mass is 10.2. The Morgan fingerprint density at radius 1 is 1.43 bits per heavy atom. The number of piperazine rings is 1. The number of hydrogen-bond acceptors (Lipinski definition) is 5. The molecule has 0 bridgehead atoms. The normalized spacial score (nSPS) is 20.0. The highest BCUT2D eigenvalue weighted by molar-refractivity contribution is 7.13. The molecule has 1 amide bonds. The topological polar surface area (TPSA) is 45.7 Å². The third-order valence-corrected chi connectivity index (χ3v) is 4.94. The molecule has 5 nitrogen and oxygen atoms in total. The number of ether oxygens (including phenoxy) is 1. The first-order valence-corrected chi connectivity index (χ1v) is 8.39. The lowest BCUT2D eigenvalue weighted by molar-refractivity contribution is 0.0395. The first-order chi connectivity index (χ1) is 10.0. The zero-order valence-electron chi connectivity index (χ0n) is 13.4. The van der Waals surface area contributed by atoms with Gasteiger partial charge in [-0.2, -0.15) is 0 Å². The minimum Gasteiger partial charge on any atom is -0.380 e. The summed E-state index contributed by atoms with van der Waals surface area (Å²) >= 11 is 1.50. The molecule has 0 N–H and O–H groups in total. The molecule has 2 heterocycles. The van der Waals surface area contributed by atoms with Crippen molar-refractivity contribution in [1.29, 1.82) is 0 Å². The van der Waals surface area contributed by atoms with Crippen molar-refractivity contribution in [2.75, 3.05) is 39.4 Å². The standard InChI is InChI=1S/C15H25N3O2S/c1-5-20-9-8-17-6-7-18(10-11(17)2)15(19)14-12(3)16-13(4)21-14/h11H,5-10H2,1-4H3/t11-/m0/s1. The molecule has 1 aliphatic heterocycles. The van der Waals surface area contributed by atoms with Gasteiger partial charge in [-0.15, -0.1) is 11.3 Å². The van der Waals surface area contributed by atoms with Crippen molar-refractivity contribution in [3.05, 3.63) is 15.6 Å². The largest absolute Gasteiger partial charge is 0.380 e. The Kier molecular flexibility index (Phi) is 5.72. The van der Waals surface area contributed by atoms with Crippen LogP contribution in [0.3, 0.4) is 0 Å². The third kappa shape index (κ3) is 4.02. The molecule has 1 fully saturated rings. The maximum atomic E-state index is 12.6. The van der Waals surface area contributed by atoms with E-state index in [-0.39, 0.29) is 5.91 Å². The Bertz CT molecular complexity index is 489. The Hall–Kier alpha value is -0.980. The number of hydrogen-bond donors (Lipinski definition) is 0. The molecule has 118 valence electrons. The SMILES string of the molecule is CCOCCN1CCN(C(=O)c2sc(C)nc2C)C[C@@H]1C. The maximum absolute atomic E-state index is 12.6. The number of nitrogens with zero attached hydrogens (tertiary/aromatic N) is 3. The minimum atomic E-state index is 0.134. The van der Waals surface area contributed by atoms with Crippen LogP contribution >= 0.6 is 11.3 Å². The van der Waals surface area contributed by atoms with Crippen LogP contribution in [0.1, 0.15) is 34.2 Å². The molecular formula is C15H25N3O2S. The monoisotopic (exact) mass is 311 g/mol. The van der Waals surface area contributed by atoms with Gasteiger partial charge in [0, 0.05) is 38.8 Å². The van der Waals surface area contributed by atoms with Crippen molar-refractivity contribution in [3.8, 4) is 0 Å². The highest BCUT2D eigenvalue weighted by atomic mass is 32.1. The number of carbonyl (C=O) groups is 1. The van der Waals surface area contributed by atoms with Crippen molar-refractivity contribution in [2.45, 2.75) is 33.7 Å². The molecule has 2 rings (SSSR count). The highest BCUT2D eigenvalue weighted by Gasteiger charge is 2.28. The molecule has 0 radical (unpaired) electrons. The maximum Gasteiger partial charge on any atom is 0.265 e. The first-order valence-electron chi connectivity index (χ1n) is 7.58. The average Bonchev–Trinajstić information content (AvgIpc) is 2.79. The van der Waals surface area contributed by atoms with Crippen LogP contribution in [0, 0.1) is 13.8 Å². The van der Waals surface area contributed by atoms with Crippen molar-refractivity contribution in [2.24, 2.45) is 0 Å². The van der Waals surface area contributed by atoms with E-state index in [1.807, 2.05) is 25.7 Å². The summed E-state index contributed by atoms with van der Waals surface area (Å²) in [4.78, 5) is 22.1. The fourth-order valence-corrected chi connectivity index (χ4v) is 3.60. The van der Waals surface area contributed by atoms with E-state index in [0.717, 1.165) is 55.0 Å². The molecule has 1 aromatic heterocycles. The van der Waals surface area contributed by atoms with Crippen molar-refractivity contribution in [1.82, 2.24) is 14.8 Å². The fraction of sp³-hybridized carbons (Fsp3) is 0.733. The summed E-state index contributed by atoms with van der Waals surface area (Å²) in [6, 6.07) is 0.373. The van der Waals surface area contributed by atoms with Crippen LogP contribution in [-0.2, 0) is 4.74 Å². The quantitative estimate of drug-likeness (QED) is 0.780. The molecule has 21 heavy (non-hydrogen) atoms. The number of carbonyl (C=O) groups excluding carboxylic acids is 1. The summed E-state index contributed by atoms with van der Waals surface area (Å²) in [6.07, 6.45) is 0. The van der Waals surface area contributed by atoms with E-state index < -0.39 is 0 Å². The number of aryl methyl sites for hydroxylation is 2. The molecule has 1 atom stereocenters. The second-order valence-electron chi connectivity index (χ2n) is 5.48. The van der Waals surface area contributed by atoms with E-state index in [1.54, 1.807) is 0 Å². The zero-order valence-corrected chi connectivity index (χ0v) is 14.2. The second-order valence-corrected chi connectivity index (χ2v) is 6.68. The number of amides is 1. The van der Waals surface area contributed by atoms with E-state index in [1.165, 1.54) is 11.3 Å². The number of thiazole rings is 1. The Labute approximate surface area is 130 Å². The molecule has 0 aromatic carbocycles. The van der Waals surface area contributed by atoms with E-state index >= 15 is 0 Å². The Morgan fingerprint density at radius 2 is 2.19 bits per heavy atom. The molecule has 0 unspecified atom stereocenters. The summed E-state index contributed by atoms with van der Waals surface area (Å²) in [6.45, 7) is 13.0. The van der Waals surface area contributed by atoms with E-state index in [2.05, 4.69) is 16.8 Å². The highest BCUT2D eigenvalue weighted by Crippen LogP contribution is 2.21. The second kappa shape index (κ2) is 7.33. The van der Waals surface area contributed by atoms with Crippen LogP contribution < -0.4 is 0 Å². The fourth-order valence-electron chi connectivity index (χ4n) is 2.71. The summed E-state index contributed by atoms with van der Waals surface area (Å²) in [5.41, 5.74) is 0.855. The molecular weight excluding hydrogens is 286 g/mol. The van der Waals surface area contributed by atoms with Gasteiger partial charge in [0.2, 0.25) is 0 Å². The van der Waals surface area contributed by atoms with Crippen LogP contribution in [0.2, 0.25) is 0 Å². The average molecular weight is 311 g/mol. The molecule has 1 aromatic rings. The smallest absolute Gasteiger partial charge is 0.265 e. The Morgan fingerprint density at radius 3 is 2.76 bits per heavy atom. The molecule has 6 heteroatoms. The van der Waals surface area contributed by atoms with Crippen molar-refractivity contribution >= 4 is 17.2 Å². The Balaban J connectivity index is 1.92. The van der Waals surface area contributed by atoms with E-state index in [9.17, 15) is 4.79 Å². The predicted octanol–water partition coefficient (Wildman–Crippen LogP) is 1.94. The summed E-state index contributed by atoms with van der Waals surface area (Å²) < 4.78 is 5.42. The summed E-state index contributed by atoms with van der Waals surface area (Å²) in [7, 11) is 0. The van der Waals surface area contributed by atoms with Crippen molar-refractivity contribution in [3.63, 3.8) is 0 Å². The van der Waals surface area contributed by atoms with E-state index in [0.29, 0.717) is 6.04 Å². The van der Waals surface area contributed by atoms with Crippen LogP contribution in [0.5, 0.6) is 0 Å². The lowest BCUT2D eigenvalue weighted by Gasteiger charge is -2.39. The molecule has 1 aliphatic rings. The van der Waals surface area contributed by atoms with Crippen LogP contribution in [0.25, 0.3) is 0 Å². The lowest BCUT2D eigenvalue weighted by Crippen LogP contribution is -2.54. The third-order valence-electron chi connectivity index (χ3n) is 3.88. The van der Waals surface area contributed by atoms with Gasteiger partial charge in [0.15, 0.2) is 0 Å². The number of aromatic nitrogens is 1. The molecule has 1 saturated heterocycles. The van der Waals surface area contributed by atoms with Crippen molar-refractivity contribution < 1.29 is 9.53 Å². The van der Waals surface area contributed by atoms with Crippen LogP contribution in [-0.4, -0.2) is 66.1 Å². The van der Waals surface area contributed by atoms with Gasteiger partial charge in [-0.25, -0.2) is 4.98 Å². The molecule has 0 saturated carbocycles. The van der Waals surface area contributed by atoms with Crippen LogP contribution in [0.15, 0.2) is 0 Å². The van der Waals surface area contributed by atoms with Gasteiger partial charge < -0.3 is 9.64 Å². The van der Waals surface area contributed by atoms with Gasteiger partial charge >= 0.3 is 0 Å². The minimum absolute atomic E-state index is 0.134. The zero-order chi connectivity index (χ0) is 15.4. The van der Waals surface area contributed by atoms with E-state index in [4.69, 9.17) is 4.74 Å². The molecule has 0 spiro atoms. The summed E-state index contributed by atoms with van der Waals surface area (Å²) in [5.74, 6) is 0.134. The van der Waals surface area contributed by atoms with Gasteiger partial charge in [0.25, 0.3) is 5.91 Å². The predicted molar refractivity (Wildman–Crippen MR) is 85.0 cm³/mol. The van der Waals surface area contributed by atoms with Gasteiger partial charge in [-0.3, -0.25) is 9.69 Å². The van der Waals surface area contributed by atoms with Gasteiger partial charge in [0.05, 0.1) is 17.3 Å². The van der Waals surface area contributed by atoms with Crippen LogP contribution in [0.4, 0.5) is 0 Å². The molecule has 0 aliphatic carbocycles. The van der Waals surface area contributed by atoms with Gasteiger partial charge in [-0.1, -0.05) is 0 Å². The van der Waals surface area contributed by atoms with Gasteiger partial charge in [-0.05, 0) is 27.7 Å². The summed E-state index contributed by atoms with van der Waals surface area (Å²) in [5, 5.41) is 0.958.